The average molecular weight is 469 g/mol. The molecule has 1 heterocycles. The fourth-order valence-electron chi connectivity index (χ4n) is 3.77. The van der Waals surface area contributed by atoms with Gasteiger partial charge >= 0.3 is 19.2 Å². The summed E-state index contributed by atoms with van der Waals surface area (Å²) in [5.74, 6) is 5.58. The molecule has 184 valence electrons. The van der Waals surface area contributed by atoms with E-state index in [-0.39, 0.29) is 24.2 Å². The van der Waals surface area contributed by atoms with Crippen LogP contribution in [0.25, 0.3) is 0 Å². The number of alkyl carbamates (subject to hydrolysis) is 1. The molecule has 34 heavy (non-hydrogen) atoms. The first-order valence-electron chi connectivity index (χ1n) is 12.0. The Kier molecular flexibility index (Phi) is 8.32. The second-order valence-electron chi connectivity index (χ2n) is 10.5. The SMILES string of the molecule is CC1OB(c2ccc(C#CCC(NC(=O)OC(C)(C)C)C(=O)OC3CCCC3)cc2)OC1(C)C. The number of amides is 1. The maximum Gasteiger partial charge on any atom is 0.494 e. The minimum atomic E-state index is -0.897. The molecule has 8 heteroatoms. The molecule has 7 nitrogen and oxygen atoms in total. The summed E-state index contributed by atoms with van der Waals surface area (Å²) in [7, 11) is -0.403. The van der Waals surface area contributed by atoms with E-state index in [0.717, 1.165) is 36.7 Å². The van der Waals surface area contributed by atoms with Crippen LogP contribution < -0.4 is 10.8 Å². The fourth-order valence-corrected chi connectivity index (χ4v) is 3.77. The summed E-state index contributed by atoms with van der Waals surface area (Å²) < 4.78 is 22.8. The molecule has 0 bridgehead atoms. The van der Waals surface area contributed by atoms with Crippen LogP contribution in [0.5, 0.6) is 0 Å². The molecule has 3 rings (SSSR count). The second kappa shape index (κ2) is 10.8. The van der Waals surface area contributed by atoms with Gasteiger partial charge in [0.25, 0.3) is 0 Å². The van der Waals surface area contributed by atoms with Gasteiger partial charge in [-0.2, -0.15) is 0 Å². The van der Waals surface area contributed by atoms with E-state index in [1.165, 1.54) is 0 Å². The van der Waals surface area contributed by atoms with Gasteiger partial charge in [0.05, 0.1) is 11.7 Å². The number of nitrogens with one attached hydrogen (secondary N) is 1. The Morgan fingerprint density at radius 3 is 2.41 bits per heavy atom. The first-order chi connectivity index (χ1) is 15.9. The smallest absolute Gasteiger partial charge is 0.461 e. The summed E-state index contributed by atoms with van der Waals surface area (Å²) in [5, 5.41) is 2.62. The molecule has 2 fully saturated rings. The van der Waals surface area contributed by atoms with Crippen LogP contribution in [0.1, 0.15) is 79.2 Å². The van der Waals surface area contributed by atoms with E-state index >= 15 is 0 Å². The third kappa shape index (κ3) is 7.51. The van der Waals surface area contributed by atoms with Gasteiger partial charge in [-0.25, -0.2) is 9.59 Å². The monoisotopic (exact) mass is 469 g/mol. The summed E-state index contributed by atoms with van der Waals surface area (Å²) in [6.07, 6.45) is 3.16. The lowest BCUT2D eigenvalue weighted by Crippen LogP contribution is -2.44. The molecule has 2 unspecified atom stereocenters. The second-order valence-corrected chi connectivity index (χ2v) is 10.5. The maximum atomic E-state index is 12.7. The molecule has 1 aliphatic carbocycles. The van der Waals surface area contributed by atoms with E-state index in [0.29, 0.717) is 0 Å². The molecule has 1 saturated carbocycles. The van der Waals surface area contributed by atoms with Crippen molar-refractivity contribution in [3.8, 4) is 11.8 Å². The van der Waals surface area contributed by atoms with Crippen LogP contribution in [0.2, 0.25) is 0 Å². The van der Waals surface area contributed by atoms with Crippen molar-refractivity contribution in [3.05, 3.63) is 29.8 Å². The van der Waals surface area contributed by atoms with E-state index in [4.69, 9.17) is 18.8 Å². The van der Waals surface area contributed by atoms with Crippen LogP contribution in [0.3, 0.4) is 0 Å². The zero-order valence-corrected chi connectivity index (χ0v) is 21.1. The highest BCUT2D eigenvalue weighted by Gasteiger charge is 2.43. The molecule has 0 aromatic heterocycles. The van der Waals surface area contributed by atoms with Crippen molar-refractivity contribution in [1.82, 2.24) is 5.32 Å². The maximum absolute atomic E-state index is 12.7. The lowest BCUT2D eigenvalue weighted by Gasteiger charge is -2.23. The Balaban J connectivity index is 1.63. The zero-order chi connectivity index (χ0) is 24.9. The van der Waals surface area contributed by atoms with Crippen molar-refractivity contribution in [1.29, 1.82) is 0 Å². The minimum Gasteiger partial charge on any atom is -0.461 e. The van der Waals surface area contributed by atoms with Crippen molar-refractivity contribution in [2.45, 2.75) is 103 Å². The van der Waals surface area contributed by atoms with Gasteiger partial charge in [-0.05, 0) is 84.8 Å². The van der Waals surface area contributed by atoms with Gasteiger partial charge in [-0.15, -0.1) is 0 Å². The van der Waals surface area contributed by atoms with Crippen LogP contribution in [0.15, 0.2) is 24.3 Å². The summed E-state index contributed by atoms with van der Waals surface area (Å²) >= 11 is 0. The van der Waals surface area contributed by atoms with Crippen molar-refractivity contribution in [3.63, 3.8) is 0 Å². The number of rotatable bonds is 5. The lowest BCUT2D eigenvalue weighted by atomic mass is 9.79. The molecule has 1 amide bonds. The molecule has 0 spiro atoms. The molecule has 1 saturated heterocycles. The van der Waals surface area contributed by atoms with Crippen LogP contribution in [0, 0.1) is 11.8 Å². The number of benzene rings is 1. The molecule has 1 aromatic carbocycles. The van der Waals surface area contributed by atoms with Crippen LogP contribution in [-0.2, 0) is 23.6 Å². The van der Waals surface area contributed by atoms with Crippen molar-refractivity contribution in [2.24, 2.45) is 0 Å². The molecular weight excluding hydrogens is 433 g/mol. The molecular formula is C26H36BNO6. The highest BCUT2D eigenvalue weighted by Crippen LogP contribution is 2.26. The minimum absolute atomic E-state index is 0.00429. The van der Waals surface area contributed by atoms with Crippen molar-refractivity contribution in [2.75, 3.05) is 0 Å². The van der Waals surface area contributed by atoms with E-state index in [2.05, 4.69) is 17.2 Å². The topological polar surface area (TPSA) is 83.1 Å². The van der Waals surface area contributed by atoms with Crippen molar-refractivity contribution < 1.29 is 28.4 Å². The predicted octanol–water partition coefficient (Wildman–Crippen LogP) is 3.72. The Hall–Kier alpha value is -2.50. The number of ether oxygens (including phenoxy) is 2. The Morgan fingerprint density at radius 2 is 1.85 bits per heavy atom. The van der Waals surface area contributed by atoms with E-state index in [1.54, 1.807) is 20.8 Å². The number of carbonyl (C=O) groups excluding carboxylic acids is 2. The number of carbonyl (C=O) groups is 2. The quantitative estimate of drug-likeness (QED) is 0.402. The van der Waals surface area contributed by atoms with Crippen LogP contribution in [-0.4, -0.2) is 48.6 Å². The molecule has 1 N–H and O–H groups in total. The first-order valence-corrected chi connectivity index (χ1v) is 12.0. The van der Waals surface area contributed by atoms with Gasteiger partial charge in [-0.1, -0.05) is 24.0 Å². The molecule has 1 aliphatic heterocycles. The largest absolute Gasteiger partial charge is 0.494 e. The lowest BCUT2D eigenvalue weighted by molar-refractivity contribution is -0.151. The average Bonchev–Trinajstić information content (AvgIpc) is 3.33. The summed E-state index contributed by atoms with van der Waals surface area (Å²) in [5.41, 5.74) is 0.700. The van der Waals surface area contributed by atoms with Crippen molar-refractivity contribution >= 4 is 24.6 Å². The normalized spacial score (nSPS) is 20.9. The number of hydrogen-bond donors (Lipinski definition) is 1. The van der Waals surface area contributed by atoms with Crippen LogP contribution in [0.4, 0.5) is 4.79 Å². The summed E-state index contributed by atoms with van der Waals surface area (Å²) in [6, 6.07) is 6.73. The molecule has 2 atom stereocenters. The predicted molar refractivity (Wildman–Crippen MR) is 131 cm³/mol. The van der Waals surface area contributed by atoms with E-state index in [1.807, 2.05) is 45.0 Å². The van der Waals surface area contributed by atoms with Gasteiger partial charge < -0.3 is 24.1 Å². The van der Waals surface area contributed by atoms with Crippen LogP contribution >= 0.6 is 0 Å². The molecule has 2 aliphatic rings. The summed E-state index contributed by atoms with van der Waals surface area (Å²) in [4.78, 5) is 25.0. The van der Waals surface area contributed by atoms with E-state index < -0.39 is 30.8 Å². The Labute approximate surface area is 203 Å². The third-order valence-electron chi connectivity index (χ3n) is 6.00. The summed E-state index contributed by atoms with van der Waals surface area (Å²) in [6.45, 7) is 11.3. The van der Waals surface area contributed by atoms with Gasteiger partial charge in [0.15, 0.2) is 0 Å². The standard InChI is InChI=1S/C26H36BNO6/c1-18-26(5,6)34-27(33-18)20-16-14-19(15-17-20)10-9-13-22(28-24(30)32-25(2,3)4)23(29)31-21-11-7-8-12-21/h14-18,21-22H,7-8,11-13H2,1-6H3,(H,28,30). The van der Waals surface area contributed by atoms with E-state index in [9.17, 15) is 9.59 Å². The molecule has 0 radical (unpaired) electrons. The fraction of sp³-hybridized carbons (Fsp3) is 0.615. The number of esters is 1. The molecule has 1 aromatic rings. The Bertz CT molecular complexity index is 921. The van der Waals surface area contributed by atoms with Gasteiger partial charge in [0.1, 0.15) is 17.7 Å². The van der Waals surface area contributed by atoms with Gasteiger partial charge in [-0.3, -0.25) is 0 Å². The Morgan fingerprint density at radius 1 is 1.21 bits per heavy atom. The third-order valence-corrected chi connectivity index (χ3v) is 6.00. The zero-order valence-electron chi connectivity index (χ0n) is 21.1. The highest BCUT2D eigenvalue weighted by atomic mass is 16.7. The highest BCUT2D eigenvalue weighted by molar-refractivity contribution is 6.62. The van der Waals surface area contributed by atoms with Gasteiger partial charge in [0.2, 0.25) is 0 Å². The van der Waals surface area contributed by atoms with Gasteiger partial charge in [0, 0.05) is 12.0 Å². The first kappa shape index (κ1) is 26.1. The number of hydrogen-bond acceptors (Lipinski definition) is 6.